The predicted molar refractivity (Wildman–Crippen MR) is 105 cm³/mol. The largest absolute Gasteiger partial charge is 0.489 e. The van der Waals surface area contributed by atoms with Gasteiger partial charge in [-0.15, -0.1) is 0 Å². The van der Waals surface area contributed by atoms with Gasteiger partial charge in [0.2, 0.25) is 0 Å². The van der Waals surface area contributed by atoms with Crippen LogP contribution >= 0.6 is 11.8 Å². The van der Waals surface area contributed by atoms with Crippen LogP contribution in [0.25, 0.3) is 0 Å². The van der Waals surface area contributed by atoms with E-state index >= 15 is 0 Å². The molecular formula is C21H18N2O5S. The molecule has 2 heterocycles. The molecule has 0 aliphatic carbocycles. The lowest BCUT2D eigenvalue weighted by molar-refractivity contribution is -0.120. The van der Waals surface area contributed by atoms with E-state index in [2.05, 4.69) is 10.6 Å². The minimum Gasteiger partial charge on any atom is -0.489 e. The van der Waals surface area contributed by atoms with Crippen LogP contribution in [0.15, 0.2) is 75.1 Å². The summed E-state index contributed by atoms with van der Waals surface area (Å²) in [5.41, 5.74) is 1.78. The normalized spacial score (nSPS) is 15.8. The quantitative estimate of drug-likeness (QED) is 0.516. The highest BCUT2D eigenvalue weighted by atomic mass is 32.2. The van der Waals surface area contributed by atoms with E-state index in [4.69, 9.17) is 9.15 Å². The molecule has 2 aromatic carbocycles. The van der Waals surface area contributed by atoms with Crippen molar-refractivity contribution in [3.8, 4) is 5.75 Å². The second-order valence-electron chi connectivity index (χ2n) is 6.33. The van der Waals surface area contributed by atoms with Crippen molar-refractivity contribution in [1.82, 2.24) is 10.6 Å². The first kappa shape index (κ1) is 19.1. The van der Waals surface area contributed by atoms with Crippen LogP contribution in [0, 0.1) is 0 Å². The number of carbonyl (C=O) groups is 2. The number of aliphatic hydroxyl groups is 1. The van der Waals surface area contributed by atoms with Crippen LogP contribution < -0.4 is 15.4 Å². The van der Waals surface area contributed by atoms with Crippen LogP contribution in [-0.4, -0.2) is 17.0 Å². The number of imide groups is 1. The number of hydrogen-bond donors (Lipinski definition) is 3. The summed E-state index contributed by atoms with van der Waals surface area (Å²) >= 11 is 1.43. The number of urea groups is 1. The molecule has 148 valence electrons. The van der Waals surface area contributed by atoms with Crippen molar-refractivity contribution in [2.45, 2.75) is 29.0 Å². The molecule has 3 N–H and O–H groups in total. The molecule has 29 heavy (non-hydrogen) atoms. The molecule has 8 heteroatoms. The Kier molecular flexibility index (Phi) is 5.55. The van der Waals surface area contributed by atoms with Crippen LogP contribution in [0.4, 0.5) is 4.79 Å². The number of furan rings is 1. The summed E-state index contributed by atoms with van der Waals surface area (Å²) in [6, 6.07) is 15.5. The van der Waals surface area contributed by atoms with Crippen molar-refractivity contribution < 1.29 is 23.8 Å². The Balaban J connectivity index is 1.41. The van der Waals surface area contributed by atoms with Crippen LogP contribution in [-0.2, 0) is 18.0 Å². The Labute approximate surface area is 171 Å². The molecular weight excluding hydrogens is 392 g/mol. The maximum absolute atomic E-state index is 11.9. The van der Waals surface area contributed by atoms with Gasteiger partial charge in [0.1, 0.15) is 18.1 Å². The first-order valence-corrected chi connectivity index (χ1v) is 9.73. The predicted octanol–water partition coefficient (Wildman–Crippen LogP) is 3.38. The van der Waals surface area contributed by atoms with E-state index in [-0.39, 0.29) is 6.61 Å². The number of benzene rings is 2. The molecule has 7 nitrogen and oxygen atoms in total. The molecule has 1 saturated heterocycles. The van der Waals surface area contributed by atoms with E-state index < -0.39 is 18.0 Å². The zero-order chi connectivity index (χ0) is 20.2. The molecule has 4 rings (SSSR count). The Morgan fingerprint density at radius 3 is 2.48 bits per heavy atom. The Morgan fingerprint density at radius 1 is 1.03 bits per heavy atom. The van der Waals surface area contributed by atoms with Crippen LogP contribution in [0.5, 0.6) is 5.75 Å². The Hall–Kier alpha value is -3.23. The maximum Gasteiger partial charge on any atom is 0.322 e. The van der Waals surface area contributed by atoms with Gasteiger partial charge in [-0.25, -0.2) is 4.79 Å². The number of nitrogens with one attached hydrogen (secondary N) is 2. The highest BCUT2D eigenvalue weighted by Crippen LogP contribution is 2.35. The monoisotopic (exact) mass is 410 g/mol. The average molecular weight is 410 g/mol. The number of aliphatic hydroxyl groups excluding tert-OH is 1. The Bertz CT molecular complexity index is 1030. The lowest BCUT2D eigenvalue weighted by atomic mass is 10.1. The molecule has 1 aliphatic rings. The van der Waals surface area contributed by atoms with E-state index in [1.165, 1.54) is 18.0 Å². The van der Waals surface area contributed by atoms with Gasteiger partial charge in [-0.2, -0.15) is 0 Å². The van der Waals surface area contributed by atoms with Crippen LogP contribution in [0.2, 0.25) is 0 Å². The fourth-order valence-corrected chi connectivity index (χ4v) is 3.87. The molecule has 0 radical (unpaired) electrons. The van der Waals surface area contributed by atoms with Crippen LogP contribution in [0.1, 0.15) is 22.9 Å². The number of hydrogen-bond acceptors (Lipinski definition) is 6. The third-order valence-corrected chi connectivity index (χ3v) is 5.49. The molecule has 0 spiro atoms. The first-order chi connectivity index (χ1) is 14.1. The topological polar surface area (TPSA) is 101 Å². The standard InChI is InChI=1S/C21H18N2O5S/c24-11-13-3-1-2-4-14(13)12-28-15-5-7-16(8-6-15)29-17-9-10-27-19(17)18-20(25)23-21(26)22-18/h1-10,18,24H,11-12H2,(H2,22,23,25,26). The summed E-state index contributed by atoms with van der Waals surface area (Å²) < 4.78 is 11.2. The molecule has 3 aromatic rings. The highest BCUT2D eigenvalue weighted by Gasteiger charge is 2.35. The minimum atomic E-state index is -0.825. The van der Waals surface area contributed by atoms with Gasteiger partial charge in [-0.1, -0.05) is 36.0 Å². The SMILES string of the molecule is O=C1NC(=O)C(c2occc2Sc2ccc(OCc3ccccc3CO)cc2)N1. The van der Waals surface area contributed by atoms with Gasteiger partial charge in [0.15, 0.2) is 6.04 Å². The van der Waals surface area contributed by atoms with E-state index in [0.29, 0.717) is 18.1 Å². The van der Waals surface area contributed by atoms with Gasteiger partial charge in [0.25, 0.3) is 5.91 Å². The molecule has 1 atom stereocenters. The lowest BCUT2D eigenvalue weighted by Crippen LogP contribution is -2.22. The molecule has 1 fully saturated rings. The zero-order valence-corrected chi connectivity index (χ0v) is 16.1. The smallest absolute Gasteiger partial charge is 0.322 e. The maximum atomic E-state index is 11.9. The third-order valence-electron chi connectivity index (χ3n) is 4.43. The van der Waals surface area contributed by atoms with Crippen molar-refractivity contribution in [1.29, 1.82) is 0 Å². The van der Waals surface area contributed by atoms with E-state index in [1.54, 1.807) is 6.07 Å². The van der Waals surface area contributed by atoms with E-state index in [9.17, 15) is 14.7 Å². The first-order valence-electron chi connectivity index (χ1n) is 8.91. The highest BCUT2D eigenvalue weighted by molar-refractivity contribution is 7.99. The molecule has 3 amide bonds. The van der Waals surface area contributed by atoms with Gasteiger partial charge in [-0.3, -0.25) is 10.1 Å². The number of amides is 3. The number of rotatable bonds is 7. The summed E-state index contributed by atoms with van der Waals surface area (Å²) in [5, 5.41) is 14.1. The van der Waals surface area contributed by atoms with Crippen LogP contribution in [0.3, 0.4) is 0 Å². The van der Waals surface area contributed by atoms with Gasteiger partial charge >= 0.3 is 6.03 Å². The summed E-state index contributed by atoms with van der Waals surface area (Å²) in [7, 11) is 0. The fourth-order valence-electron chi connectivity index (χ4n) is 2.95. The molecule has 1 unspecified atom stereocenters. The summed E-state index contributed by atoms with van der Waals surface area (Å²) in [5.74, 6) is 0.676. The number of carbonyl (C=O) groups excluding carboxylic acids is 2. The van der Waals surface area contributed by atoms with Gasteiger partial charge in [0, 0.05) is 4.90 Å². The second-order valence-corrected chi connectivity index (χ2v) is 7.45. The summed E-state index contributed by atoms with van der Waals surface area (Å²) in [6.45, 7) is 0.340. The van der Waals surface area contributed by atoms with E-state index in [1.807, 2.05) is 48.5 Å². The minimum absolute atomic E-state index is 0.0262. The second kappa shape index (κ2) is 8.42. The van der Waals surface area contributed by atoms with Crippen molar-refractivity contribution in [2.75, 3.05) is 0 Å². The van der Waals surface area contributed by atoms with Gasteiger partial charge in [-0.05, 0) is 41.5 Å². The van der Waals surface area contributed by atoms with Crippen molar-refractivity contribution >= 4 is 23.7 Å². The van der Waals surface area contributed by atoms with Gasteiger partial charge < -0.3 is 19.6 Å². The summed E-state index contributed by atoms with van der Waals surface area (Å²) in [4.78, 5) is 24.9. The number of ether oxygens (including phenoxy) is 1. The Morgan fingerprint density at radius 2 is 1.79 bits per heavy atom. The zero-order valence-electron chi connectivity index (χ0n) is 15.3. The lowest BCUT2D eigenvalue weighted by Gasteiger charge is -2.10. The van der Waals surface area contributed by atoms with Gasteiger partial charge in [0.05, 0.1) is 17.8 Å². The van der Waals surface area contributed by atoms with Crippen molar-refractivity contribution in [3.63, 3.8) is 0 Å². The van der Waals surface area contributed by atoms with E-state index in [0.717, 1.165) is 20.9 Å². The third kappa shape index (κ3) is 4.28. The molecule has 1 aliphatic heterocycles. The molecule has 0 saturated carbocycles. The average Bonchev–Trinajstić information content (AvgIpc) is 3.32. The summed E-state index contributed by atoms with van der Waals surface area (Å²) in [6.07, 6.45) is 1.49. The van der Waals surface area contributed by atoms with Crippen molar-refractivity contribution in [3.05, 3.63) is 77.7 Å². The molecule has 1 aromatic heterocycles. The van der Waals surface area contributed by atoms with Crippen molar-refractivity contribution in [2.24, 2.45) is 0 Å². The molecule has 0 bridgehead atoms. The fraction of sp³-hybridized carbons (Fsp3) is 0.143.